The number of hydrogen-bond acceptors (Lipinski definition) is 5. The summed E-state index contributed by atoms with van der Waals surface area (Å²) in [5.74, 6) is 1.51. The standard InChI is InChI=1S/C15H22BrN7O.ClH/c1-8(2)11-10(16)12(21-20-11)14(24)19-15-18-13(22-23(15)3)9-4-6-17-7-5-9;/h8-9,17H,4-7H2,1-3H3,(H,20,21)(H,18,19,22,24);1H. The van der Waals surface area contributed by atoms with Crippen LogP contribution < -0.4 is 10.6 Å². The summed E-state index contributed by atoms with van der Waals surface area (Å²) >= 11 is 3.45. The number of hydrogen-bond donors (Lipinski definition) is 3. The van der Waals surface area contributed by atoms with Crippen molar-refractivity contribution in [1.29, 1.82) is 0 Å². The van der Waals surface area contributed by atoms with Crippen LogP contribution in [0.15, 0.2) is 4.47 Å². The van der Waals surface area contributed by atoms with Crippen molar-refractivity contribution in [3.05, 3.63) is 21.7 Å². The molecule has 0 unspecified atom stereocenters. The molecule has 3 N–H and O–H groups in total. The number of nitrogens with zero attached hydrogens (tertiary/aromatic N) is 4. The number of amides is 1. The first-order valence-electron chi connectivity index (χ1n) is 8.14. The van der Waals surface area contributed by atoms with Gasteiger partial charge in [-0.3, -0.25) is 15.2 Å². The van der Waals surface area contributed by atoms with E-state index in [1.165, 1.54) is 0 Å². The van der Waals surface area contributed by atoms with Crippen molar-refractivity contribution >= 4 is 40.2 Å². The molecule has 2 aromatic rings. The van der Waals surface area contributed by atoms with Gasteiger partial charge in [0.25, 0.3) is 5.91 Å². The van der Waals surface area contributed by atoms with E-state index >= 15 is 0 Å². The first kappa shape index (κ1) is 19.9. The first-order chi connectivity index (χ1) is 11.5. The molecule has 25 heavy (non-hydrogen) atoms. The van der Waals surface area contributed by atoms with Crippen LogP contribution in [0.4, 0.5) is 5.95 Å². The third-order valence-corrected chi connectivity index (χ3v) is 5.04. The fraction of sp³-hybridized carbons (Fsp3) is 0.600. The summed E-state index contributed by atoms with van der Waals surface area (Å²) in [5.41, 5.74) is 1.22. The molecule has 0 aliphatic carbocycles. The number of aromatic nitrogens is 5. The van der Waals surface area contributed by atoms with E-state index in [2.05, 4.69) is 46.8 Å². The van der Waals surface area contributed by atoms with Crippen LogP contribution in [0.2, 0.25) is 0 Å². The van der Waals surface area contributed by atoms with Crippen molar-refractivity contribution < 1.29 is 4.79 Å². The maximum Gasteiger partial charge on any atom is 0.279 e. The van der Waals surface area contributed by atoms with Crippen molar-refractivity contribution in [1.82, 2.24) is 30.3 Å². The molecule has 138 valence electrons. The van der Waals surface area contributed by atoms with Crippen molar-refractivity contribution in [2.24, 2.45) is 7.05 Å². The molecule has 0 bridgehead atoms. The summed E-state index contributed by atoms with van der Waals surface area (Å²) in [5, 5.41) is 17.6. The average Bonchev–Trinajstić information content (AvgIpc) is 3.12. The maximum absolute atomic E-state index is 12.5. The normalized spacial score (nSPS) is 15.2. The third-order valence-electron chi connectivity index (χ3n) is 4.23. The quantitative estimate of drug-likeness (QED) is 0.689. The van der Waals surface area contributed by atoms with E-state index in [4.69, 9.17) is 0 Å². The highest BCUT2D eigenvalue weighted by molar-refractivity contribution is 9.10. The Morgan fingerprint density at radius 1 is 1.36 bits per heavy atom. The predicted octanol–water partition coefficient (Wildman–Crippen LogP) is 2.57. The highest BCUT2D eigenvalue weighted by Crippen LogP contribution is 2.27. The number of halogens is 2. The second-order valence-electron chi connectivity index (χ2n) is 6.35. The molecule has 1 aliphatic heterocycles. The van der Waals surface area contributed by atoms with Gasteiger partial charge in [0.1, 0.15) is 0 Å². The second-order valence-corrected chi connectivity index (χ2v) is 7.14. The molecule has 3 rings (SSSR count). The molecule has 8 nitrogen and oxygen atoms in total. The topological polar surface area (TPSA) is 101 Å². The second kappa shape index (κ2) is 8.29. The van der Waals surface area contributed by atoms with Crippen LogP contribution in [0, 0.1) is 0 Å². The zero-order valence-electron chi connectivity index (χ0n) is 14.5. The van der Waals surface area contributed by atoms with Gasteiger partial charge in [-0.15, -0.1) is 12.4 Å². The molecule has 1 fully saturated rings. The van der Waals surface area contributed by atoms with Gasteiger partial charge in [0, 0.05) is 13.0 Å². The number of carbonyl (C=O) groups is 1. The lowest BCUT2D eigenvalue weighted by atomic mass is 9.98. The molecule has 2 aromatic heterocycles. The summed E-state index contributed by atoms with van der Waals surface area (Å²) in [6.45, 7) is 6.02. The Hall–Kier alpha value is -1.45. The van der Waals surface area contributed by atoms with Gasteiger partial charge in [-0.05, 0) is 47.8 Å². The molecular weight excluding hydrogens is 410 g/mol. The van der Waals surface area contributed by atoms with Crippen LogP contribution in [0.3, 0.4) is 0 Å². The number of rotatable bonds is 4. The van der Waals surface area contributed by atoms with E-state index in [-0.39, 0.29) is 24.2 Å². The largest absolute Gasteiger partial charge is 0.317 e. The molecule has 0 atom stereocenters. The molecule has 0 spiro atoms. The Labute approximate surface area is 161 Å². The Kier molecular flexibility index (Phi) is 6.59. The molecule has 10 heteroatoms. The molecule has 0 radical (unpaired) electrons. The van der Waals surface area contributed by atoms with Crippen LogP contribution in [-0.4, -0.2) is 44.0 Å². The SMILES string of the molecule is CC(C)c1[nH]nc(C(=O)Nc2nc(C3CCNCC3)nn2C)c1Br.Cl. The van der Waals surface area contributed by atoms with Crippen LogP contribution in [0.25, 0.3) is 0 Å². The number of nitrogens with one attached hydrogen (secondary N) is 3. The molecule has 3 heterocycles. The van der Waals surface area contributed by atoms with Crippen molar-refractivity contribution in [2.45, 2.75) is 38.5 Å². The Bertz CT molecular complexity index is 736. The summed E-state index contributed by atoms with van der Waals surface area (Å²) in [6, 6.07) is 0. The molecule has 1 saturated heterocycles. The van der Waals surface area contributed by atoms with Crippen LogP contribution in [-0.2, 0) is 7.05 Å². The minimum absolute atomic E-state index is 0. The Balaban J connectivity index is 0.00000225. The van der Waals surface area contributed by atoms with Crippen LogP contribution in [0.5, 0.6) is 0 Å². The number of piperidine rings is 1. The fourth-order valence-electron chi connectivity index (χ4n) is 2.80. The molecule has 0 aromatic carbocycles. The van der Waals surface area contributed by atoms with Gasteiger partial charge >= 0.3 is 0 Å². The fourth-order valence-corrected chi connectivity index (χ4v) is 3.62. The summed E-state index contributed by atoms with van der Waals surface area (Å²) < 4.78 is 2.30. The van der Waals surface area contributed by atoms with Crippen LogP contribution >= 0.6 is 28.3 Å². The van der Waals surface area contributed by atoms with Gasteiger partial charge < -0.3 is 5.32 Å². The van der Waals surface area contributed by atoms with Crippen molar-refractivity contribution in [3.8, 4) is 0 Å². The lowest BCUT2D eigenvalue weighted by Gasteiger charge is -2.19. The van der Waals surface area contributed by atoms with Gasteiger partial charge in [0.15, 0.2) is 11.5 Å². The lowest BCUT2D eigenvalue weighted by molar-refractivity contribution is 0.102. The number of carbonyl (C=O) groups excluding carboxylic acids is 1. The van der Waals surface area contributed by atoms with Gasteiger partial charge in [0.05, 0.1) is 10.2 Å². The highest BCUT2D eigenvalue weighted by Gasteiger charge is 2.23. The summed E-state index contributed by atoms with van der Waals surface area (Å²) in [7, 11) is 1.78. The highest BCUT2D eigenvalue weighted by atomic mass is 79.9. The van der Waals surface area contributed by atoms with E-state index in [9.17, 15) is 4.79 Å². The smallest absolute Gasteiger partial charge is 0.279 e. The van der Waals surface area contributed by atoms with Crippen molar-refractivity contribution in [3.63, 3.8) is 0 Å². The van der Waals surface area contributed by atoms with Crippen molar-refractivity contribution in [2.75, 3.05) is 18.4 Å². The Morgan fingerprint density at radius 2 is 2.04 bits per heavy atom. The van der Waals surface area contributed by atoms with Gasteiger partial charge in [-0.2, -0.15) is 15.2 Å². The zero-order chi connectivity index (χ0) is 17.3. The monoisotopic (exact) mass is 431 g/mol. The van der Waals surface area contributed by atoms with Crippen LogP contribution in [0.1, 0.15) is 60.5 Å². The third kappa shape index (κ3) is 4.21. The maximum atomic E-state index is 12.5. The minimum Gasteiger partial charge on any atom is -0.317 e. The average molecular weight is 433 g/mol. The zero-order valence-corrected chi connectivity index (χ0v) is 16.9. The number of anilines is 1. The minimum atomic E-state index is -0.308. The summed E-state index contributed by atoms with van der Waals surface area (Å²) in [4.78, 5) is 17.0. The van der Waals surface area contributed by atoms with Gasteiger partial charge in [0.2, 0.25) is 5.95 Å². The Morgan fingerprint density at radius 3 is 2.64 bits per heavy atom. The molecule has 1 aliphatic rings. The van der Waals surface area contributed by atoms with Gasteiger partial charge in [-0.1, -0.05) is 13.8 Å². The summed E-state index contributed by atoms with van der Waals surface area (Å²) in [6.07, 6.45) is 2.03. The van der Waals surface area contributed by atoms with E-state index < -0.39 is 0 Å². The number of aromatic amines is 1. The molecule has 0 saturated carbocycles. The molecular formula is C15H23BrClN7O. The predicted molar refractivity (Wildman–Crippen MR) is 101 cm³/mol. The van der Waals surface area contributed by atoms with E-state index in [0.717, 1.165) is 37.4 Å². The van der Waals surface area contributed by atoms with E-state index in [1.807, 2.05) is 13.8 Å². The number of aryl methyl sites for hydroxylation is 1. The van der Waals surface area contributed by atoms with Gasteiger partial charge in [-0.25, -0.2) is 4.68 Å². The first-order valence-corrected chi connectivity index (χ1v) is 8.93. The number of H-pyrrole nitrogens is 1. The lowest BCUT2D eigenvalue weighted by Crippen LogP contribution is -2.27. The van der Waals surface area contributed by atoms with E-state index in [1.54, 1.807) is 11.7 Å². The van der Waals surface area contributed by atoms with E-state index in [0.29, 0.717) is 22.0 Å². The molecule has 1 amide bonds.